The summed E-state index contributed by atoms with van der Waals surface area (Å²) in [6, 6.07) is 10.6. The minimum Gasteiger partial charge on any atom is -0.482 e. The summed E-state index contributed by atoms with van der Waals surface area (Å²) in [4.78, 5) is 40.7. The molecule has 37 heavy (non-hydrogen) atoms. The van der Waals surface area contributed by atoms with Gasteiger partial charge in [0.25, 0.3) is 5.91 Å². The zero-order chi connectivity index (χ0) is 26.3. The molecule has 2 aliphatic carbocycles. The first-order valence-corrected chi connectivity index (χ1v) is 13.2. The molecule has 0 spiro atoms. The zero-order valence-electron chi connectivity index (χ0n) is 20.8. The van der Waals surface area contributed by atoms with Crippen molar-refractivity contribution in [2.24, 2.45) is 0 Å². The number of halogens is 2. The van der Waals surface area contributed by atoms with Crippen LogP contribution in [0.25, 0.3) is 0 Å². The number of aryl methyl sites for hydroxylation is 1. The average Bonchev–Trinajstić information content (AvgIpc) is 2.87. The highest BCUT2D eigenvalue weighted by Gasteiger charge is 2.42. The Morgan fingerprint density at radius 2 is 1.59 bits per heavy atom. The molecule has 0 unspecified atom stereocenters. The standard InChI is InChI=1S/C29H28Cl2N2O4/c1-16-9-11-18(14-19(16)30)32-26(36)15-37-25-12-10-17(13-20(25)31)27-28-21(5-3-7-23(28)34)33(2)22-6-4-8-24(35)29(22)27/h9-14,27H,3-8,15H2,1-2H3,(H,32,36). The molecule has 1 heterocycles. The highest BCUT2D eigenvalue weighted by molar-refractivity contribution is 6.32. The number of carbonyl (C=O) groups is 3. The summed E-state index contributed by atoms with van der Waals surface area (Å²) in [5.41, 5.74) is 5.73. The second-order valence-corrected chi connectivity index (χ2v) is 10.6. The maximum absolute atomic E-state index is 13.1. The van der Waals surface area contributed by atoms with Gasteiger partial charge in [0, 0.05) is 59.1 Å². The summed E-state index contributed by atoms with van der Waals surface area (Å²) in [5, 5.41) is 3.64. The number of Topliss-reactive ketones (excluding diaryl/α,β-unsaturated/α-hetero) is 2. The molecule has 0 bridgehead atoms. The van der Waals surface area contributed by atoms with Gasteiger partial charge in [0.05, 0.1) is 5.02 Å². The molecule has 0 atom stereocenters. The Labute approximate surface area is 226 Å². The Morgan fingerprint density at radius 1 is 0.946 bits per heavy atom. The monoisotopic (exact) mass is 538 g/mol. The highest BCUT2D eigenvalue weighted by Crippen LogP contribution is 2.49. The molecule has 0 saturated heterocycles. The molecule has 2 aromatic rings. The first-order valence-electron chi connectivity index (χ1n) is 12.5. The van der Waals surface area contributed by atoms with Gasteiger partial charge in [0.15, 0.2) is 18.2 Å². The van der Waals surface area contributed by atoms with E-state index in [4.69, 9.17) is 27.9 Å². The minimum atomic E-state index is -0.428. The van der Waals surface area contributed by atoms with Crippen LogP contribution in [-0.2, 0) is 14.4 Å². The van der Waals surface area contributed by atoms with Crippen LogP contribution in [0.5, 0.6) is 5.75 Å². The summed E-state index contributed by atoms with van der Waals surface area (Å²) >= 11 is 12.7. The number of carbonyl (C=O) groups excluding carboxylic acids is 3. The van der Waals surface area contributed by atoms with Crippen LogP contribution in [0.1, 0.15) is 55.6 Å². The van der Waals surface area contributed by atoms with E-state index < -0.39 is 5.92 Å². The summed E-state index contributed by atoms with van der Waals surface area (Å²) in [7, 11) is 1.97. The number of ketones is 2. The largest absolute Gasteiger partial charge is 0.482 e. The number of anilines is 1. The predicted molar refractivity (Wildman–Crippen MR) is 144 cm³/mol. The Balaban J connectivity index is 1.39. The zero-order valence-corrected chi connectivity index (χ0v) is 22.3. The van der Waals surface area contributed by atoms with Crippen molar-refractivity contribution >= 4 is 46.4 Å². The van der Waals surface area contributed by atoms with Gasteiger partial charge in [0.2, 0.25) is 0 Å². The van der Waals surface area contributed by atoms with Gasteiger partial charge in [0.1, 0.15) is 5.75 Å². The normalized spacial score (nSPS) is 18.1. The van der Waals surface area contributed by atoms with E-state index in [-0.39, 0.29) is 24.1 Å². The quantitative estimate of drug-likeness (QED) is 0.479. The molecule has 1 N–H and O–H groups in total. The van der Waals surface area contributed by atoms with Crippen molar-refractivity contribution in [2.45, 2.75) is 51.4 Å². The van der Waals surface area contributed by atoms with Gasteiger partial charge in [-0.05, 0) is 68.0 Å². The Bertz CT molecular complexity index is 1330. The summed E-state index contributed by atoms with van der Waals surface area (Å²) in [5.74, 6) is -0.244. The number of nitrogens with one attached hydrogen (secondary N) is 1. The van der Waals surface area contributed by atoms with Crippen molar-refractivity contribution < 1.29 is 19.1 Å². The topological polar surface area (TPSA) is 75.7 Å². The van der Waals surface area contributed by atoms with Crippen LogP contribution in [0.3, 0.4) is 0 Å². The predicted octanol–water partition coefficient (Wildman–Crippen LogP) is 6.36. The molecule has 1 aliphatic heterocycles. The third-order valence-electron chi connectivity index (χ3n) is 7.35. The molecule has 2 aromatic carbocycles. The lowest BCUT2D eigenvalue weighted by molar-refractivity contribution is -0.118. The Morgan fingerprint density at radius 3 is 2.19 bits per heavy atom. The van der Waals surface area contributed by atoms with Crippen LogP contribution < -0.4 is 10.1 Å². The van der Waals surface area contributed by atoms with E-state index in [1.54, 1.807) is 24.3 Å². The fraction of sp³-hybridized carbons (Fsp3) is 0.345. The third-order valence-corrected chi connectivity index (χ3v) is 8.05. The van der Waals surface area contributed by atoms with Crippen LogP contribution in [0.4, 0.5) is 5.69 Å². The maximum atomic E-state index is 13.1. The molecule has 6 nitrogen and oxygen atoms in total. The minimum absolute atomic E-state index is 0.0901. The molecule has 0 saturated carbocycles. The van der Waals surface area contributed by atoms with E-state index in [0.717, 1.165) is 48.2 Å². The SMILES string of the molecule is Cc1ccc(NC(=O)COc2ccc(C3C4=C(CCCC4=O)N(C)C4=C3C(=O)CCC4)cc2Cl)cc1Cl. The van der Waals surface area contributed by atoms with Gasteiger partial charge in [-0.2, -0.15) is 0 Å². The van der Waals surface area contributed by atoms with Crippen LogP contribution >= 0.6 is 23.2 Å². The first kappa shape index (κ1) is 25.6. The van der Waals surface area contributed by atoms with E-state index in [1.165, 1.54) is 0 Å². The lowest BCUT2D eigenvalue weighted by Crippen LogP contribution is -2.37. The molecule has 1 amide bonds. The van der Waals surface area contributed by atoms with Gasteiger partial charge in [-0.1, -0.05) is 35.3 Å². The van der Waals surface area contributed by atoms with Crippen molar-refractivity contribution in [1.82, 2.24) is 4.90 Å². The van der Waals surface area contributed by atoms with Crippen LogP contribution in [-0.4, -0.2) is 36.0 Å². The van der Waals surface area contributed by atoms with Crippen molar-refractivity contribution in [3.8, 4) is 5.75 Å². The van der Waals surface area contributed by atoms with E-state index in [0.29, 0.717) is 45.5 Å². The number of hydrogen-bond acceptors (Lipinski definition) is 5. The fourth-order valence-corrected chi connectivity index (χ4v) is 5.93. The number of amides is 1. The van der Waals surface area contributed by atoms with Crippen LogP contribution in [0, 0.1) is 6.92 Å². The van der Waals surface area contributed by atoms with Gasteiger partial charge < -0.3 is 15.0 Å². The van der Waals surface area contributed by atoms with Gasteiger partial charge in [-0.15, -0.1) is 0 Å². The van der Waals surface area contributed by atoms with Gasteiger partial charge >= 0.3 is 0 Å². The molecular weight excluding hydrogens is 511 g/mol. The van der Waals surface area contributed by atoms with Crippen molar-refractivity contribution in [2.75, 3.05) is 19.0 Å². The second kappa shape index (κ2) is 10.3. The van der Waals surface area contributed by atoms with E-state index in [1.807, 2.05) is 26.1 Å². The number of ether oxygens (including phenoxy) is 1. The van der Waals surface area contributed by atoms with Crippen molar-refractivity contribution in [3.63, 3.8) is 0 Å². The molecule has 192 valence electrons. The van der Waals surface area contributed by atoms with Gasteiger partial charge in [-0.3, -0.25) is 14.4 Å². The molecule has 0 aromatic heterocycles. The molecule has 0 fully saturated rings. The molecule has 8 heteroatoms. The first-order chi connectivity index (χ1) is 17.7. The van der Waals surface area contributed by atoms with E-state index in [9.17, 15) is 14.4 Å². The summed E-state index contributed by atoms with van der Waals surface area (Å²) < 4.78 is 5.70. The molecular formula is C29H28Cl2N2O4. The lowest BCUT2D eigenvalue weighted by Gasteiger charge is -2.42. The summed E-state index contributed by atoms with van der Waals surface area (Å²) in [6.07, 6.45) is 4.22. The van der Waals surface area contributed by atoms with Gasteiger partial charge in [-0.25, -0.2) is 0 Å². The van der Waals surface area contributed by atoms with Crippen LogP contribution in [0.2, 0.25) is 10.0 Å². The number of rotatable bonds is 5. The Kier molecular flexibility index (Phi) is 7.15. The molecule has 3 aliphatic rings. The van der Waals surface area contributed by atoms with E-state index in [2.05, 4.69) is 10.2 Å². The summed E-state index contributed by atoms with van der Waals surface area (Å²) in [6.45, 7) is 1.65. The number of allylic oxidation sites excluding steroid dienone is 4. The number of benzene rings is 2. The maximum Gasteiger partial charge on any atom is 0.262 e. The van der Waals surface area contributed by atoms with E-state index >= 15 is 0 Å². The fourth-order valence-electron chi connectivity index (χ4n) is 5.51. The third kappa shape index (κ3) is 4.92. The molecule has 5 rings (SSSR count). The highest BCUT2D eigenvalue weighted by atomic mass is 35.5. The van der Waals surface area contributed by atoms with Crippen LogP contribution in [0.15, 0.2) is 58.9 Å². The van der Waals surface area contributed by atoms with Crippen molar-refractivity contribution in [3.05, 3.63) is 80.1 Å². The second-order valence-electron chi connectivity index (χ2n) is 9.76. The van der Waals surface area contributed by atoms with Crippen molar-refractivity contribution in [1.29, 1.82) is 0 Å². The average molecular weight is 539 g/mol. The smallest absolute Gasteiger partial charge is 0.262 e. The number of hydrogen-bond donors (Lipinski definition) is 1. The lowest BCUT2D eigenvalue weighted by atomic mass is 9.71. The Hall–Kier alpha value is -3.09. The molecule has 0 radical (unpaired) electrons. The number of nitrogens with zero attached hydrogens (tertiary/aromatic N) is 1.